The Bertz CT molecular complexity index is 618. The van der Waals surface area contributed by atoms with Crippen molar-refractivity contribution in [3.8, 4) is 0 Å². The number of hydrogen-bond donors (Lipinski definition) is 1. The molecule has 2 heterocycles. The standard InChI is InChI=1S/C17H21N3OS/c1-13-8-18-17(19-9-13)22-12-16(21)11-20-7-6-14-4-2-3-5-15(14)10-20/h2-5,8-9,16,21H,6-7,10-12H2,1H3/t16-/m1/s1. The molecule has 1 atom stereocenters. The number of benzene rings is 1. The van der Waals surface area contributed by atoms with Gasteiger partial charge < -0.3 is 5.11 Å². The lowest BCUT2D eigenvalue weighted by Crippen LogP contribution is -2.37. The summed E-state index contributed by atoms with van der Waals surface area (Å²) in [7, 11) is 0. The summed E-state index contributed by atoms with van der Waals surface area (Å²) in [6.07, 6.45) is 4.32. The van der Waals surface area contributed by atoms with E-state index in [2.05, 4.69) is 39.1 Å². The van der Waals surface area contributed by atoms with Crippen LogP contribution >= 0.6 is 11.8 Å². The normalized spacial score (nSPS) is 16.3. The SMILES string of the molecule is Cc1cnc(SC[C@H](O)CN2CCc3ccccc3C2)nc1. The Hall–Kier alpha value is -1.43. The highest BCUT2D eigenvalue weighted by molar-refractivity contribution is 7.99. The second-order valence-corrected chi connectivity index (χ2v) is 6.75. The third kappa shape index (κ3) is 4.06. The van der Waals surface area contributed by atoms with Crippen LogP contribution in [0.15, 0.2) is 41.8 Å². The van der Waals surface area contributed by atoms with Gasteiger partial charge in [0.15, 0.2) is 5.16 Å². The Kier molecular flexibility index (Phi) is 5.08. The van der Waals surface area contributed by atoms with Gasteiger partial charge in [-0.1, -0.05) is 36.0 Å². The zero-order valence-corrected chi connectivity index (χ0v) is 13.6. The lowest BCUT2D eigenvalue weighted by molar-refractivity contribution is 0.122. The fourth-order valence-electron chi connectivity index (χ4n) is 2.69. The van der Waals surface area contributed by atoms with Gasteiger partial charge in [0, 0.05) is 37.8 Å². The number of aryl methyl sites for hydroxylation is 1. The molecule has 4 nitrogen and oxygen atoms in total. The number of thioether (sulfide) groups is 1. The Morgan fingerprint density at radius 1 is 1.23 bits per heavy atom. The average molecular weight is 315 g/mol. The number of fused-ring (bicyclic) bond motifs is 1. The predicted octanol–water partition coefficient (Wildman–Crippen LogP) is 2.30. The van der Waals surface area contributed by atoms with Crippen LogP contribution in [0.2, 0.25) is 0 Å². The zero-order chi connectivity index (χ0) is 15.4. The summed E-state index contributed by atoms with van der Waals surface area (Å²) in [5, 5.41) is 11.0. The molecule has 0 amide bonds. The van der Waals surface area contributed by atoms with Gasteiger partial charge >= 0.3 is 0 Å². The molecule has 1 aromatic heterocycles. The van der Waals surface area contributed by atoms with Crippen molar-refractivity contribution < 1.29 is 5.11 Å². The van der Waals surface area contributed by atoms with Gasteiger partial charge in [-0.05, 0) is 30.0 Å². The molecule has 1 aliphatic rings. The molecule has 5 heteroatoms. The summed E-state index contributed by atoms with van der Waals surface area (Å²) >= 11 is 1.51. The molecule has 0 bridgehead atoms. The number of nitrogens with zero attached hydrogens (tertiary/aromatic N) is 3. The van der Waals surface area contributed by atoms with E-state index >= 15 is 0 Å². The van der Waals surface area contributed by atoms with E-state index in [-0.39, 0.29) is 6.10 Å². The van der Waals surface area contributed by atoms with E-state index in [4.69, 9.17) is 0 Å². The molecule has 0 aliphatic carbocycles. The second-order valence-electron chi connectivity index (χ2n) is 5.76. The number of rotatable bonds is 5. The van der Waals surface area contributed by atoms with Gasteiger partial charge in [0.05, 0.1) is 6.10 Å². The zero-order valence-electron chi connectivity index (χ0n) is 12.8. The molecule has 0 saturated heterocycles. The van der Waals surface area contributed by atoms with Gasteiger partial charge in [-0.2, -0.15) is 0 Å². The maximum absolute atomic E-state index is 10.2. The molecular formula is C17H21N3OS. The largest absolute Gasteiger partial charge is 0.391 e. The summed E-state index contributed by atoms with van der Waals surface area (Å²) in [6.45, 7) is 4.61. The summed E-state index contributed by atoms with van der Waals surface area (Å²) in [5.41, 5.74) is 3.88. The van der Waals surface area contributed by atoms with E-state index in [1.54, 1.807) is 0 Å². The number of aliphatic hydroxyl groups excluding tert-OH is 1. The van der Waals surface area contributed by atoms with Crippen LogP contribution in [0.5, 0.6) is 0 Å². The van der Waals surface area contributed by atoms with Gasteiger partial charge in [-0.15, -0.1) is 0 Å². The highest BCUT2D eigenvalue weighted by Gasteiger charge is 2.18. The van der Waals surface area contributed by atoms with Crippen LogP contribution in [-0.2, 0) is 13.0 Å². The topological polar surface area (TPSA) is 49.3 Å². The van der Waals surface area contributed by atoms with Crippen LogP contribution in [0.1, 0.15) is 16.7 Å². The summed E-state index contributed by atoms with van der Waals surface area (Å²) in [6, 6.07) is 8.57. The minimum absolute atomic E-state index is 0.361. The van der Waals surface area contributed by atoms with Crippen molar-refractivity contribution >= 4 is 11.8 Å². The van der Waals surface area contributed by atoms with E-state index in [1.807, 2.05) is 19.3 Å². The van der Waals surface area contributed by atoms with E-state index in [0.717, 1.165) is 30.2 Å². The minimum atomic E-state index is -0.361. The Labute approximate surface area is 135 Å². The number of β-amino-alcohol motifs (C(OH)–C–C–N with tert-alkyl or cyclic N) is 1. The third-order valence-electron chi connectivity index (χ3n) is 3.84. The first-order chi connectivity index (χ1) is 10.7. The maximum Gasteiger partial charge on any atom is 0.187 e. The number of aliphatic hydroxyl groups is 1. The summed E-state index contributed by atoms with van der Waals surface area (Å²) in [4.78, 5) is 10.8. The van der Waals surface area contributed by atoms with Gasteiger partial charge in [0.1, 0.15) is 0 Å². The fourth-order valence-corrected chi connectivity index (χ4v) is 3.39. The molecule has 116 valence electrons. The number of aromatic nitrogens is 2. The van der Waals surface area contributed by atoms with Crippen molar-refractivity contribution in [1.29, 1.82) is 0 Å². The molecule has 1 aliphatic heterocycles. The van der Waals surface area contributed by atoms with E-state index in [9.17, 15) is 5.11 Å². The van der Waals surface area contributed by atoms with E-state index in [0.29, 0.717) is 12.3 Å². The smallest absolute Gasteiger partial charge is 0.187 e. The maximum atomic E-state index is 10.2. The van der Waals surface area contributed by atoms with Gasteiger partial charge in [-0.25, -0.2) is 9.97 Å². The quantitative estimate of drug-likeness (QED) is 0.678. The molecule has 0 fully saturated rings. The first-order valence-electron chi connectivity index (χ1n) is 7.59. The highest BCUT2D eigenvalue weighted by atomic mass is 32.2. The molecule has 0 radical (unpaired) electrons. The minimum Gasteiger partial charge on any atom is -0.391 e. The molecular weight excluding hydrogens is 294 g/mol. The van der Waals surface area contributed by atoms with E-state index in [1.165, 1.54) is 22.9 Å². The van der Waals surface area contributed by atoms with E-state index < -0.39 is 0 Å². The van der Waals surface area contributed by atoms with Crippen LogP contribution in [0.4, 0.5) is 0 Å². The third-order valence-corrected chi connectivity index (χ3v) is 4.86. The fraction of sp³-hybridized carbons (Fsp3) is 0.412. The molecule has 0 unspecified atom stereocenters. The summed E-state index contributed by atoms with van der Waals surface area (Å²) < 4.78 is 0. The second kappa shape index (κ2) is 7.22. The Balaban J connectivity index is 1.48. The predicted molar refractivity (Wildman–Crippen MR) is 88.9 cm³/mol. The summed E-state index contributed by atoms with van der Waals surface area (Å²) in [5.74, 6) is 0.626. The number of hydrogen-bond acceptors (Lipinski definition) is 5. The Morgan fingerprint density at radius 3 is 2.73 bits per heavy atom. The van der Waals surface area contributed by atoms with Gasteiger partial charge in [0.25, 0.3) is 0 Å². The Morgan fingerprint density at radius 2 is 1.95 bits per heavy atom. The first-order valence-corrected chi connectivity index (χ1v) is 8.58. The van der Waals surface area contributed by atoms with Gasteiger partial charge in [-0.3, -0.25) is 4.90 Å². The highest BCUT2D eigenvalue weighted by Crippen LogP contribution is 2.19. The molecule has 2 aromatic rings. The van der Waals surface area contributed by atoms with Crippen molar-refractivity contribution in [2.45, 2.75) is 31.1 Å². The molecule has 0 saturated carbocycles. The van der Waals surface area contributed by atoms with Crippen LogP contribution in [0.25, 0.3) is 0 Å². The van der Waals surface area contributed by atoms with Crippen LogP contribution in [0, 0.1) is 6.92 Å². The van der Waals surface area contributed by atoms with Crippen molar-refractivity contribution in [2.75, 3.05) is 18.8 Å². The molecule has 0 spiro atoms. The van der Waals surface area contributed by atoms with Crippen molar-refractivity contribution in [2.24, 2.45) is 0 Å². The first kappa shape index (κ1) is 15.5. The van der Waals surface area contributed by atoms with Crippen LogP contribution in [-0.4, -0.2) is 44.9 Å². The lowest BCUT2D eigenvalue weighted by Gasteiger charge is -2.30. The van der Waals surface area contributed by atoms with Crippen molar-refractivity contribution in [1.82, 2.24) is 14.9 Å². The van der Waals surface area contributed by atoms with Crippen LogP contribution < -0.4 is 0 Å². The molecule has 1 N–H and O–H groups in total. The molecule has 22 heavy (non-hydrogen) atoms. The van der Waals surface area contributed by atoms with Crippen LogP contribution in [0.3, 0.4) is 0 Å². The lowest BCUT2D eigenvalue weighted by atomic mass is 10.00. The molecule has 3 rings (SSSR count). The molecule has 1 aromatic carbocycles. The average Bonchev–Trinajstić information content (AvgIpc) is 2.54. The van der Waals surface area contributed by atoms with Gasteiger partial charge in [0.2, 0.25) is 0 Å². The monoisotopic (exact) mass is 315 g/mol. The van der Waals surface area contributed by atoms with Crippen molar-refractivity contribution in [3.63, 3.8) is 0 Å². The van der Waals surface area contributed by atoms with Crippen molar-refractivity contribution in [3.05, 3.63) is 53.3 Å².